The number of carbonyl (C=O) groups is 1. The van der Waals surface area contributed by atoms with Crippen LogP contribution in [0.1, 0.15) is 33.6 Å². The molecule has 1 fully saturated rings. The molecule has 19 heavy (non-hydrogen) atoms. The van der Waals surface area contributed by atoms with Crippen molar-refractivity contribution < 1.29 is 4.79 Å². The zero-order valence-electron chi connectivity index (χ0n) is 11.9. The summed E-state index contributed by atoms with van der Waals surface area (Å²) in [6.45, 7) is 7.54. The standard InChI is InChI=1S/C14H22N4O/c1-14(2,3)12(19)17-11-6-4-9-18(10-11)13-15-7-5-8-16-13/h5,7-8,11H,4,6,9-10H2,1-3H3,(H,17,19). The van der Waals surface area contributed by atoms with Crippen molar-refractivity contribution in [2.45, 2.75) is 39.7 Å². The Morgan fingerprint density at radius 3 is 2.68 bits per heavy atom. The Morgan fingerprint density at radius 1 is 1.37 bits per heavy atom. The molecule has 5 heteroatoms. The number of aromatic nitrogens is 2. The van der Waals surface area contributed by atoms with Crippen molar-refractivity contribution in [3.63, 3.8) is 0 Å². The Bertz CT molecular complexity index is 427. The summed E-state index contributed by atoms with van der Waals surface area (Å²) in [6.07, 6.45) is 5.57. The predicted octanol–water partition coefficient (Wildman–Crippen LogP) is 1.61. The van der Waals surface area contributed by atoms with Crippen molar-refractivity contribution in [3.05, 3.63) is 18.5 Å². The summed E-state index contributed by atoms with van der Waals surface area (Å²) in [5.41, 5.74) is -0.342. The van der Waals surface area contributed by atoms with Gasteiger partial charge in [0.1, 0.15) is 0 Å². The molecule has 1 unspecified atom stereocenters. The van der Waals surface area contributed by atoms with Crippen LogP contribution in [0.2, 0.25) is 0 Å². The lowest BCUT2D eigenvalue weighted by molar-refractivity contribution is -0.129. The third-order valence-corrected chi connectivity index (χ3v) is 3.27. The molecule has 0 aromatic carbocycles. The first-order valence-electron chi connectivity index (χ1n) is 6.80. The van der Waals surface area contributed by atoms with Crippen LogP contribution in [0.3, 0.4) is 0 Å². The molecule has 1 saturated heterocycles. The summed E-state index contributed by atoms with van der Waals surface area (Å²) in [4.78, 5) is 22.7. The third-order valence-electron chi connectivity index (χ3n) is 3.27. The van der Waals surface area contributed by atoms with E-state index < -0.39 is 0 Å². The maximum absolute atomic E-state index is 12.0. The number of piperidine rings is 1. The van der Waals surface area contributed by atoms with E-state index in [-0.39, 0.29) is 17.4 Å². The van der Waals surface area contributed by atoms with Gasteiger partial charge in [-0.3, -0.25) is 4.79 Å². The van der Waals surface area contributed by atoms with Gasteiger partial charge in [0.2, 0.25) is 11.9 Å². The van der Waals surface area contributed by atoms with Gasteiger partial charge in [-0.05, 0) is 18.9 Å². The number of hydrogen-bond donors (Lipinski definition) is 1. The topological polar surface area (TPSA) is 58.1 Å². The van der Waals surface area contributed by atoms with Crippen LogP contribution in [0.4, 0.5) is 5.95 Å². The smallest absolute Gasteiger partial charge is 0.225 e. The molecule has 0 bridgehead atoms. The molecule has 1 N–H and O–H groups in total. The Morgan fingerprint density at radius 2 is 2.05 bits per heavy atom. The van der Waals surface area contributed by atoms with E-state index in [0.717, 1.165) is 31.9 Å². The van der Waals surface area contributed by atoms with Gasteiger partial charge in [-0.1, -0.05) is 20.8 Å². The molecule has 1 atom stereocenters. The summed E-state index contributed by atoms with van der Waals surface area (Å²) in [6, 6.07) is 2.00. The van der Waals surface area contributed by atoms with E-state index in [1.807, 2.05) is 26.8 Å². The fourth-order valence-electron chi connectivity index (χ4n) is 2.13. The normalized spacial score (nSPS) is 20.2. The van der Waals surface area contributed by atoms with Crippen molar-refractivity contribution >= 4 is 11.9 Å². The van der Waals surface area contributed by atoms with Gasteiger partial charge in [0, 0.05) is 36.9 Å². The van der Waals surface area contributed by atoms with Crippen LogP contribution in [0, 0.1) is 5.41 Å². The number of nitrogens with zero attached hydrogens (tertiary/aromatic N) is 3. The number of nitrogens with one attached hydrogen (secondary N) is 1. The minimum Gasteiger partial charge on any atom is -0.351 e. The van der Waals surface area contributed by atoms with Crippen LogP contribution in [0.5, 0.6) is 0 Å². The molecule has 1 aliphatic heterocycles. The van der Waals surface area contributed by atoms with Crippen molar-refractivity contribution in [2.24, 2.45) is 5.41 Å². The fraction of sp³-hybridized carbons (Fsp3) is 0.643. The molecular formula is C14H22N4O. The van der Waals surface area contributed by atoms with Crippen LogP contribution < -0.4 is 10.2 Å². The lowest BCUT2D eigenvalue weighted by atomic mass is 9.94. The Hall–Kier alpha value is -1.65. The molecule has 0 spiro atoms. The maximum Gasteiger partial charge on any atom is 0.225 e. The highest BCUT2D eigenvalue weighted by molar-refractivity contribution is 5.81. The van der Waals surface area contributed by atoms with Gasteiger partial charge in [0.05, 0.1) is 0 Å². The molecule has 2 heterocycles. The molecule has 5 nitrogen and oxygen atoms in total. The van der Waals surface area contributed by atoms with Crippen LogP contribution in [-0.2, 0) is 4.79 Å². The first-order chi connectivity index (χ1) is 8.97. The first-order valence-corrected chi connectivity index (χ1v) is 6.80. The Balaban J connectivity index is 1.96. The number of rotatable bonds is 2. The van der Waals surface area contributed by atoms with E-state index in [9.17, 15) is 4.79 Å². The second kappa shape index (κ2) is 5.55. The monoisotopic (exact) mass is 262 g/mol. The van der Waals surface area contributed by atoms with Gasteiger partial charge in [0.25, 0.3) is 0 Å². The summed E-state index contributed by atoms with van der Waals surface area (Å²) in [7, 11) is 0. The molecule has 2 rings (SSSR count). The second-order valence-corrected chi connectivity index (χ2v) is 6.06. The summed E-state index contributed by atoms with van der Waals surface area (Å²) >= 11 is 0. The van der Waals surface area contributed by atoms with E-state index in [1.54, 1.807) is 12.4 Å². The molecule has 104 valence electrons. The Labute approximate surface area is 114 Å². The number of hydrogen-bond acceptors (Lipinski definition) is 4. The van der Waals surface area contributed by atoms with Crippen LogP contribution >= 0.6 is 0 Å². The Kier molecular flexibility index (Phi) is 4.02. The summed E-state index contributed by atoms with van der Waals surface area (Å²) < 4.78 is 0. The quantitative estimate of drug-likeness (QED) is 0.879. The van der Waals surface area contributed by atoms with Crippen LogP contribution in [-0.4, -0.2) is 35.0 Å². The first kappa shape index (κ1) is 13.8. The van der Waals surface area contributed by atoms with Crippen molar-refractivity contribution in [3.8, 4) is 0 Å². The van der Waals surface area contributed by atoms with Gasteiger partial charge in [-0.25, -0.2) is 9.97 Å². The minimum absolute atomic E-state index is 0.105. The average molecular weight is 262 g/mol. The van der Waals surface area contributed by atoms with Crippen molar-refractivity contribution in [1.82, 2.24) is 15.3 Å². The van der Waals surface area contributed by atoms with Gasteiger partial charge in [0.15, 0.2) is 0 Å². The van der Waals surface area contributed by atoms with Crippen molar-refractivity contribution in [1.29, 1.82) is 0 Å². The average Bonchev–Trinajstić information content (AvgIpc) is 2.39. The van der Waals surface area contributed by atoms with Crippen LogP contribution in [0.15, 0.2) is 18.5 Å². The highest BCUT2D eigenvalue weighted by atomic mass is 16.2. The highest BCUT2D eigenvalue weighted by Crippen LogP contribution is 2.18. The maximum atomic E-state index is 12.0. The lowest BCUT2D eigenvalue weighted by Crippen LogP contribution is -2.50. The highest BCUT2D eigenvalue weighted by Gasteiger charge is 2.27. The largest absolute Gasteiger partial charge is 0.351 e. The molecule has 1 aromatic rings. The van der Waals surface area contributed by atoms with Crippen molar-refractivity contribution in [2.75, 3.05) is 18.0 Å². The van der Waals surface area contributed by atoms with Gasteiger partial charge in [-0.15, -0.1) is 0 Å². The van der Waals surface area contributed by atoms with Crippen LogP contribution in [0.25, 0.3) is 0 Å². The van der Waals surface area contributed by atoms with E-state index in [1.165, 1.54) is 0 Å². The zero-order valence-corrected chi connectivity index (χ0v) is 11.9. The number of anilines is 1. The molecular weight excluding hydrogens is 240 g/mol. The molecule has 1 aliphatic rings. The SMILES string of the molecule is CC(C)(C)C(=O)NC1CCCN(c2ncccn2)C1. The summed E-state index contributed by atoms with van der Waals surface area (Å²) in [5, 5.41) is 3.12. The van der Waals surface area contributed by atoms with E-state index in [0.29, 0.717) is 0 Å². The molecule has 1 amide bonds. The third kappa shape index (κ3) is 3.66. The number of amides is 1. The second-order valence-electron chi connectivity index (χ2n) is 6.06. The fourth-order valence-corrected chi connectivity index (χ4v) is 2.13. The minimum atomic E-state index is -0.342. The van der Waals surface area contributed by atoms with Gasteiger partial charge < -0.3 is 10.2 Å². The molecule has 1 aromatic heterocycles. The molecule has 0 radical (unpaired) electrons. The lowest BCUT2D eigenvalue weighted by Gasteiger charge is -2.34. The van der Waals surface area contributed by atoms with Gasteiger partial charge in [-0.2, -0.15) is 0 Å². The molecule has 0 saturated carbocycles. The van der Waals surface area contributed by atoms with E-state index in [2.05, 4.69) is 20.2 Å². The number of carbonyl (C=O) groups excluding carboxylic acids is 1. The summed E-state index contributed by atoms with van der Waals surface area (Å²) in [5.74, 6) is 0.852. The molecule has 0 aliphatic carbocycles. The van der Waals surface area contributed by atoms with E-state index in [4.69, 9.17) is 0 Å². The zero-order chi connectivity index (χ0) is 13.9. The van der Waals surface area contributed by atoms with E-state index >= 15 is 0 Å². The predicted molar refractivity (Wildman–Crippen MR) is 74.9 cm³/mol. The van der Waals surface area contributed by atoms with Gasteiger partial charge >= 0.3 is 0 Å².